The first-order valence-corrected chi connectivity index (χ1v) is 10.0. The lowest BCUT2D eigenvalue weighted by molar-refractivity contribution is -0.385. The fourth-order valence-corrected chi connectivity index (χ4v) is 3.48. The second-order valence-corrected chi connectivity index (χ2v) is 7.62. The van der Waals surface area contributed by atoms with Gasteiger partial charge >= 0.3 is 5.69 Å². The number of rotatable bonds is 5. The number of hydrazone groups is 1. The Bertz CT molecular complexity index is 1310. The second kappa shape index (κ2) is 8.49. The van der Waals surface area contributed by atoms with E-state index in [1.807, 2.05) is 0 Å². The summed E-state index contributed by atoms with van der Waals surface area (Å²) in [6, 6.07) is 12.7. The molecule has 1 amide bonds. The predicted octanol–water partition coefficient (Wildman–Crippen LogP) is 5.98. The van der Waals surface area contributed by atoms with Crippen molar-refractivity contribution in [1.82, 2.24) is 0 Å². The molecule has 0 unspecified atom stereocenters. The van der Waals surface area contributed by atoms with Crippen LogP contribution in [0.25, 0.3) is 17.4 Å². The van der Waals surface area contributed by atoms with Gasteiger partial charge in [0.1, 0.15) is 11.5 Å². The first-order chi connectivity index (χ1) is 15.3. The van der Waals surface area contributed by atoms with E-state index in [4.69, 9.17) is 32.4 Å². The van der Waals surface area contributed by atoms with Crippen molar-refractivity contribution < 1.29 is 18.9 Å². The minimum absolute atomic E-state index is 0.151. The second-order valence-electron chi connectivity index (χ2n) is 6.80. The van der Waals surface area contributed by atoms with E-state index >= 15 is 0 Å². The van der Waals surface area contributed by atoms with Crippen LogP contribution in [0.4, 0.5) is 11.4 Å². The van der Waals surface area contributed by atoms with Crippen LogP contribution in [0.15, 0.2) is 63.6 Å². The number of carbonyl (C=O) groups excluding carboxylic acids is 1. The van der Waals surface area contributed by atoms with Gasteiger partial charge in [0.15, 0.2) is 5.75 Å². The third kappa shape index (κ3) is 3.98. The molecule has 1 aromatic heterocycles. The largest absolute Gasteiger partial charge is 0.490 e. The fraction of sp³-hybridized carbons (Fsp3) is 0.0909. The molecule has 0 bridgehead atoms. The van der Waals surface area contributed by atoms with Crippen molar-refractivity contribution in [3.63, 3.8) is 0 Å². The van der Waals surface area contributed by atoms with E-state index in [1.54, 1.807) is 49.4 Å². The first-order valence-electron chi connectivity index (χ1n) is 9.28. The highest BCUT2D eigenvalue weighted by Gasteiger charge is 2.29. The maximum absolute atomic E-state index is 12.9. The topological polar surface area (TPSA) is 98.2 Å². The number of benzene rings is 2. The van der Waals surface area contributed by atoms with Crippen molar-refractivity contribution in [2.24, 2.45) is 5.10 Å². The normalized spacial score (nSPS) is 14.8. The number of nitro groups is 1. The number of carbonyl (C=O) groups is 1. The molecule has 32 heavy (non-hydrogen) atoms. The zero-order valence-electron chi connectivity index (χ0n) is 16.8. The van der Waals surface area contributed by atoms with Gasteiger partial charge in [-0.3, -0.25) is 14.9 Å². The van der Waals surface area contributed by atoms with Gasteiger partial charge in [-0.15, -0.1) is 0 Å². The van der Waals surface area contributed by atoms with Gasteiger partial charge in [-0.2, -0.15) is 10.1 Å². The van der Waals surface area contributed by atoms with E-state index < -0.39 is 4.92 Å². The van der Waals surface area contributed by atoms with Crippen molar-refractivity contribution in [3.8, 4) is 17.1 Å². The SMILES string of the molecule is COc1ccc(-c2ccc(C=C3C(=O)N(c4ccc(Cl)c(Cl)c4)N=C3C)o2)cc1[N+](=O)[O-]. The van der Waals surface area contributed by atoms with E-state index in [-0.39, 0.29) is 17.3 Å². The number of amides is 1. The molecule has 0 spiro atoms. The van der Waals surface area contributed by atoms with E-state index in [0.717, 1.165) is 0 Å². The highest BCUT2D eigenvalue weighted by Crippen LogP contribution is 2.34. The fourth-order valence-electron chi connectivity index (χ4n) is 3.19. The molecular weight excluding hydrogens is 457 g/mol. The van der Waals surface area contributed by atoms with Crippen LogP contribution < -0.4 is 9.75 Å². The molecular formula is C22H15Cl2N3O5. The molecule has 4 rings (SSSR count). The Labute approximate surface area is 192 Å². The summed E-state index contributed by atoms with van der Waals surface area (Å²) in [5.74, 6) is 0.605. The minimum Gasteiger partial charge on any atom is -0.490 e. The van der Waals surface area contributed by atoms with E-state index in [0.29, 0.717) is 44.1 Å². The molecule has 0 radical (unpaired) electrons. The van der Waals surface area contributed by atoms with Crippen LogP contribution in [0.1, 0.15) is 12.7 Å². The van der Waals surface area contributed by atoms with Gasteiger partial charge in [0, 0.05) is 11.6 Å². The minimum atomic E-state index is -0.525. The Morgan fingerprint density at radius 1 is 1.12 bits per heavy atom. The molecule has 0 aliphatic carbocycles. The molecule has 2 heterocycles. The highest BCUT2D eigenvalue weighted by molar-refractivity contribution is 6.42. The molecule has 10 heteroatoms. The number of furan rings is 1. The van der Waals surface area contributed by atoms with Gasteiger partial charge in [0.25, 0.3) is 5.91 Å². The molecule has 162 valence electrons. The zero-order valence-corrected chi connectivity index (χ0v) is 18.3. The number of ether oxygens (including phenoxy) is 1. The summed E-state index contributed by atoms with van der Waals surface area (Å²) >= 11 is 12.0. The molecule has 1 aliphatic rings. The lowest BCUT2D eigenvalue weighted by Crippen LogP contribution is -2.21. The van der Waals surface area contributed by atoms with Crippen molar-refractivity contribution in [2.45, 2.75) is 6.92 Å². The third-order valence-electron chi connectivity index (χ3n) is 4.78. The molecule has 0 saturated carbocycles. The summed E-state index contributed by atoms with van der Waals surface area (Å²) in [7, 11) is 1.36. The number of hydrogen-bond acceptors (Lipinski definition) is 6. The summed E-state index contributed by atoms with van der Waals surface area (Å²) in [5, 5.41) is 17.5. The lowest BCUT2D eigenvalue weighted by atomic mass is 10.1. The highest BCUT2D eigenvalue weighted by atomic mass is 35.5. The molecule has 0 atom stereocenters. The summed E-state index contributed by atoms with van der Waals surface area (Å²) in [5.41, 5.74) is 1.66. The van der Waals surface area contributed by atoms with E-state index in [1.165, 1.54) is 24.3 Å². The number of hydrogen-bond donors (Lipinski definition) is 0. The molecule has 0 saturated heterocycles. The number of methoxy groups -OCH3 is 1. The van der Waals surface area contributed by atoms with Crippen LogP contribution in [0.2, 0.25) is 10.0 Å². The van der Waals surface area contributed by atoms with Crippen LogP contribution in [-0.4, -0.2) is 23.7 Å². The van der Waals surface area contributed by atoms with E-state index in [2.05, 4.69) is 5.10 Å². The average molecular weight is 472 g/mol. The van der Waals surface area contributed by atoms with Crippen molar-refractivity contribution >= 4 is 52.3 Å². The standard InChI is InChI=1S/C22H15Cl2N3O5/c1-12-16(22(28)26(25-12)14-4-6-17(23)18(24)10-14)11-15-5-8-20(32-15)13-3-7-21(31-2)19(9-13)27(29)30/h3-11H,1-2H3. The van der Waals surface area contributed by atoms with Crippen molar-refractivity contribution in [3.05, 3.63) is 80.0 Å². The molecule has 2 aromatic carbocycles. The Morgan fingerprint density at radius 2 is 1.91 bits per heavy atom. The molecule has 8 nitrogen and oxygen atoms in total. The molecule has 0 fully saturated rings. The summed E-state index contributed by atoms with van der Waals surface area (Å²) in [6.07, 6.45) is 1.57. The number of halogens is 2. The quantitative estimate of drug-likeness (QED) is 0.259. The maximum atomic E-state index is 12.9. The number of nitrogens with zero attached hydrogens (tertiary/aromatic N) is 3. The van der Waals surface area contributed by atoms with Gasteiger partial charge in [-0.05, 0) is 55.5 Å². The van der Waals surface area contributed by atoms with Gasteiger partial charge in [-0.1, -0.05) is 23.2 Å². The van der Waals surface area contributed by atoms with Crippen LogP contribution in [0.3, 0.4) is 0 Å². The summed E-state index contributed by atoms with van der Waals surface area (Å²) in [6.45, 7) is 1.71. The molecule has 3 aromatic rings. The lowest BCUT2D eigenvalue weighted by Gasteiger charge is -2.12. The van der Waals surface area contributed by atoms with Crippen molar-refractivity contribution in [2.75, 3.05) is 12.1 Å². The average Bonchev–Trinajstić information content (AvgIpc) is 3.35. The predicted molar refractivity (Wildman–Crippen MR) is 122 cm³/mol. The summed E-state index contributed by atoms with van der Waals surface area (Å²) in [4.78, 5) is 23.7. The monoisotopic (exact) mass is 471 g/mol. The molecule has 0 N–H and O–H groups in total. The third-order valence-corrected chi connectivity index (χ3v) is 5.52. The number of nitro benzene ring substituents is 1. The maximum Gasteiger partial charge on any atom is 0.311 e. The van der Waals surface area contributed by atoms with Crippen molar-refractivity contribution in [1.29, 1.82) is 0 Å². The Hall–Kier alpha value is -3.62. The zero-order chi connectivity index (χ0) is 23.0. The smallest absolute Gasteiger partial charge is 0.311 e. The Kier molecular flexibility index (Phi) is 5.73. The Balaban J connectivity index is 1.63. The van der Waals surface area contributed by atoms with E-state index in [9.17, 15) is 14.9 Å². The van der Waals surface area contributed by atoms with Gasteiger partial charge in [0.05, 0.1) is 39.1 Å². The van der Waals surface area contributed by atoms with Crippen LogP contribution in [0.5, 0.6) is 5.75 Å². The first kappa shape index (κ1) is 21.6. The summed E-state index contributed by atoms with van der Waals surface area (Å²) < 4.78 is 10.8. The van der Waals surface area contributed by atoms with Crippen LogP contribution in [0, 0.1) is 10.1 Å². The Morgan fingerprint density at radius 3 is 2.59 bits per heavy atom. The number of anilines is 1. The molecule has 1 aliphatic heterocycles. The van der Waals surface area contributed by atoms with Crippen LogP contribution in [-0.2, 0) is 4.79 Å². The van der Waals surface area contributed by atoms with Gasteiger partial charge < -0.3 is 9.15 Å². The van der Waals surface area contributed by atoms with Gasteiger partial charge in [0.2, 0.25) is 0 Å². The van der Waals surface area contributed by atoms with Gasteiger partial charge in [-0.25, -0.2) is 0 Å². The van der Waals surface area contributed by atoms with Crippen LogP contribution >= 0.6 is 23.2 Å².